The monoisotopic (exact) mass is 231 g/mol. The van der Waals surface area contributed by atoms with Gasteiger partial charge < -0.3 is 5.32 Å². The van der Waals surface area contributed by atoms with Gasteiger partial charge in [-0.15, -0.1) is 12.6 Å². The first-order valence-electron chi connectivity index (χ1n) is 5.49. The maximum absolute atomic E-state index is 11.5. The normalized spacial score (nSPS) is 15.1. The second kappa shape index (κ2) is 5.35. The first-order valence-corrected chi connectivity index (χ1v) is 5.94. The molecule has 1 unspecified atom stereocenters. The van der Waals surface area contributed by atoms with Crippen LogP contribution in [0, 0.1) is 11.3 Å². The Kier molecular flexibility index (Phi) is 5.34. The predicted molar refractivity (Wildman–Crippen MR) is 69.3 cm³/mol. The van der Waals surface area contributed by atoms with Gasteiger partial charge in [-0.25, -0.2) is 0 Å². The maximum Gasteiger partial charge on any atom is 0.189 e. The van der Waals surface area contributed by atoms with Crippen molar-refractivity contribution in [3.63, 3.8) is 0 Å². The van der Waals surface area contributed by atoms with Gasteiger partial charge in [-0.3, -0.25) is 4.79 Å². The highest BCUT2D eigenvalue weighted by Crippen LogP contribution is 2.30. The lowest BCUT2D eigenvalue weighted by Gasteiger charge is -2.31. The molecule has 0 amide bonds. The van der Waals surface area contributed by atoms with Crippen LogP contribution in [0.5, 0.6) is 0 Å². The quantitative estimate of drug-likeness (QED) is 0.712. The predicted octanol–water partition coefficient (Wildman–Crippen LogP) is 2.88. The minimum atomic E-state index is -0.00565. The second-order valence-corrected chi connectivity index (χ2v) is 6.58. The van der Waals surface area contributed by atoms with E-state index in [9.17, 15) is 4.79 Å². The number of hydrogen-bond acceptors (Lipinski definition) is 2. The van der Waals surface area contributed by atoms with Crippen molar-refractivity contribution in [3.05, 3.63) is 0 Å². The van der Waals surface area contributed by atoms with Crippen molar-refractivity contribution in [1.29, 1.82) is 0 Å². The molecule has 0 aliphatic carbocycles. The summed E-state index contributed by atoms with van der Waals surface area (Å²) >= 11 is 3.99. The number of carbonyl (C=O) groups excluding carboxylic acids is 1. The molecule has 0 aromatic carbocycles. The van der Waals surface area contributed by atoms with E-state index in [1.54, 1.807) is 0 Å². The van der Waals surface area contributed by atoms with Crippen molar-refractivity contribution in [2.75, 3.05) is 7.05 Å². The van der Waals surface area contributed by atoms with Crippen molar-refractivity contribution < 1.29 is 4.79 Å². The van der Waals surface area contributed by atoms with E-state index in [0.717, 1.165) is 12.8 Å². The summed E-state index contributed by atoms with van der Waals surface area (Å²) in [6, 6.07) is 0. The number of hydrogen-bond donors (Lipinski definition) is 2. The van der Waals surface area contributed by atoms with Crippen LogP contribution in [-0.4, -0.2) is 17.7 Å². The summed E-state index contributed by atoms with van der Waals surface area (Å²) in [5.74, 6) is 0.0378. The zero-order valence-electron chi connectivity index (χ0n) is 10.8. The molecule has 1 N–H and O–H groups in total. The zero-order valence-corrected chi connectivity index (χ0v) is 11.7. The van der Waals surface area contributed by atoms with E-state index in [0.29, 0.717) is 0 Å². The Morgan fingerprint density at radius 2 is 1.67 bits per heavy atom. The van der Waals surface area contributed by atoms with Gasteiger partial charge in [0.1, 0.15) is 0 Å². The summed E-state index contributed by atoms with van der Waals surface area (Å²) in [5, 5.41) is 3.23. The van der Waals surface area contributed by atoms with Gasteiger partial charge in [-0.1, -0.05) is 20.8 Å². The van der Waals surface area contributed by atoms with Crippen LogP contribution in [0.4, 0.5) is 0 Å². The number of carbonyl (C=O) groups is 1. The first kappa shape index (κ1) is 15.0. The number of nitrogens with one attached hydrogen (secondary N) is 1. The fourth-order valence-corrected chi connectivity index (χ4v) is 1.89. The highest BCUT2D eigenvalue weighted by atomic mass is 32.1. The molecular formula is C12H25NOS. The molecule has 0 aliphatic rings. The van der Waals surface area contributed by atoms with Gasteiger partial charge in [0.2, 0.25) is 0 Å². The first-order chi connectivity index (χ1) is 6.57. The van der Waals surface area contributed by atoms with Gasteiger partial charge in [0.15, 0.2) is 5.12 Å². The lowest BCUT2D eigenvalue weighted by Crippen LogP contribution is -2.40. The van der Waals surface area contributed by atoms with E-state index in [4.69, 9.17) is 0 Å². The molecule has 2 nitrogen and oxygen atoms in total. The van der Waals surface area contributed by atoms with Crippen LogP contribution < -0.4 is 5.32 Å². The largest absolute Gasteiger partial charge is 0.315 e. The lowest BCUT2D eigenvalue weighted by molar-refractivity contribution is -0.115. The SMILES string of the molecule is CNC(C)(C)CC(CC(C)(C)C)C(=O)S. The molecule has 0 saturated heterocycles. The maximum atomic E-state index is 11.5. The van der Waals surface area contributed by atoms with Crippen LogP contribution in [0.1, 0.15) is 47.5 Å². The summed E-state index contributed by atoms with van der Waals surface area (Å²) in [4.78, 5) is 11.5. The Bertz CT molecular complexity index is 218. The Morgan fingerprint density at radius 1 is 1.20 bits per heavy atom. The fraction of sp³-hybridized carbons (Fsp3) is 0.917. The standard InChI is InChI=1S/C12H25NOS/c1-11(2,3)7-9(10(14)15)8-12(4,5)13-6/h9,13H,7-8H2,1-6H3,(H,14,15). The molecule has 3 heteroatoms. The molecule has 0 aromatic heterocycles. The molecule has 90 valence electrons. The van der Waals surface area contributed by atoms with Crippen molar-refractivity contribution in [1.82, 2.24) is 5.32 Å². The molecule has 0 spiro atoms. The third-order valence-electron chi connectivity index (χ3n) is 2.64. The summed E-state index contributed by atoms with van der Waals surface area (Å²) in [7, 11) is 1.93. The molecule has 0 aliphatic heterocycles. The molecule has 0 rings (SSSR count). The summed E-state index contributed by atoms with van der Waals surface area (Å²) in [5.41, 5.74) is 0.168. The van der Waals surface area contributed by atoms with E-state index in [1.807, 2.05) is 7.05 Å². The minimum Gasteiger partial charge on any atom is -0.315 e. The topological polar surface area (TPSA) is 29.1 Å². The zero-order chi connectivity index (χ0) is 12.3. The molecule has 1 atom stereocenters. The molecular weight excluding hydrogens is 206 g/mol. The highest BCUT2D eigenvalue weighted by Gasteiger charge is 2.28. The van der Waals surface area contributed by atoms with E-state index in [2.05, 4.69) is 52.6 Å². The molecule has 0 saturated carbocycles. The average Bonchev–Trinajstić information content (AvgIpc) is 2.00. The van der Waals surface area contributed by atoms with Crippen molar-refractivity contribution in [2.45, 2.75) is 53.0 Å². The van der Waals surface area contributed by atoms with Gasteiger partial charge in [0, 0.05) is 11.5 Å². The van der Waals surface area contributed by atoms with Gasteiger partial charge in [-0.05, 0) is 39.2 Å². The summed E-state index contributed by atoms with van der Waals surface area (Å²) in [6.45, 7) is 10.7. The van der Waals surface area contributed by atoms with Gasteiger partial charge in [0.25, 0.3) is 0 Å². The van der Waals surface area contributed by atoms with Crippen LogP contribution in [0.15, 0.2) is 0 Å². The van der Waals surface area contributed by atoms with Gasteiger partial charge >= 0.3 is 0 Å². The fourth-order valence-electron chi connectivity index (χ4n) is 1.70. The molecule has 0 heterocycles. The Hall–Kier alpha value is -0.0200. The van der Waals surface area contributed by atoms with Crippen molar-refractivity contribution in [2.24, 2.45) is 11.3 Å². The molecule has 0 aromatic rings. The van der Waals surface area contributed by atoms with Crippen molar-refractivity contribution >= 4 is 17.7 Å². The Morgan fingerprint density at radius 3 is 1.93 bits per heavy atom. The van der Waals surface area contributed by atoms with E-state index in [-0.39, 0.29) is 22.0 Å². The van der Waals surface area contributed by atoms with Crippen LogP contribution in [-0.2, 0) is 4.79 Å². The summed E-state index contributed by atoms with van der Waals surface area (Å²) < 4.78 is 0. The number of rotatable bonds is 5. The van der Waals surface area contributed by atoms with E-state index >= 15 is 0 Å². The van der Waals surface area contributed by atoms with Crippen molar-refractivity contribution in [3.8, 4) is 0 Å². The van der Waals surface area contributed by atoms with Crippen LogP contribution >= 0.6 is 12.6 Å². The van der Waals surface area contributed by atoms with Gasteiger partial charge in [-0.2, -0.15) is 0 Å². The van der Waals surface area contributed by atoms with E-state index < -0.39 is 0 Å². The Labute approximate surface area is 99.6 Å². The number of thiol groups is 1. The third-order valence-corrected chi connectivity index (χ3v) is 3.01. The second-order valence-electron chi connectivity index (χ2n) is 6.14. The van der Waals surface area contributed by atoms with Crippen LogP contribution in [0.2, 0.25) is 0 Å². The Balaban J connectivity index is 4.50. The average molecular weight is 231 g/mol. The molecule has 15 heavy (non-hydrogen) atoms. The van der Waals surface area contributed by atoms with Gasteiger partial charge in [0.05, 0.1) is 0 Å². The molecule has 0 bridgehead atoms. The highest BCUT2D eigenvalue weighted by molar-refractivity contribution is 7.96. The molecule has 0 fully saturated rings. The molecule has 0 radical (unpaired) electrons. The van der Waals surface area contributed by atoms with Crippen LogP contribution in [0.25, 0.3) is 0 Å². The lowest BCUT2D eigenvalue weighted by atomic mass is 9.80. The summed E-state index contributed by atoms with van der Waals surface area (Å²) in [6.07, 6.45) is 1.73. The van der Waals surface area contributed by atoms with Crippen LogP contribution in [0.3, 0.4) is 0 Å². The third kappa shape index (κ3) is 6.96. The smallest absolute Gasteiger partial charge is 0.189 e. The van der Waals surface area contributed by atoms with E-state index in [1.165, 1.54) is 0 Å². The minimum absolute atomic E-state index is 0.00565.